The zero-order chi connectivity index (χ0) is 20.4. The number of benzene rings is 1. The van der Waals surface area contributed by atoms with Gasteiger partial charge in [0.2, 0.25) is 15.9 Å². The first-order chi connectivity index (χ1) is 13.9. The van der Waals surface area contributed by atoms with Crippen molar-refractivity contribution in [3.05, 3.63) is 27.9 Å². The second kappa shape index (κ2) is 8.57. The minimum absolute atomic E-state index is 0.0342. The number of aromatic nitrogens is 1. The minimum Gasteiger partial charge on any atom is -0.352 e. The Morgan fingerprint density at radius 3 is 2.45 bits per heavy atom. The number of thiazole rings is 1. The predicted molar refractivity (Wildman–Crippen MR) is 114 cm³/mol. The molecule has 1 aromatic heterocycles. The Hall–Kier alpha value is -1.71. The third-order valence-electron chi connectivity index (χ3n) is 5.86. The molecule has 0 spiro atoms. The number of nitrogens with one attached hydrogen (secondary N) is 1. The van der Waals surface area contributed by atoms with Crippen molar-refractivity contribution >= 4 is 37.5 Å². The third-order valence-corrected chi connectivity index (χ3v) is 8.70. The highest BCUT2D eigenvalue weighted by molar-refractivity contribution is 7.89. The molecule has 4 rings (SSSR count). The van der Waals surface area contributed by atoms with Crippen molar-refractivity contribution in [1.29, 1.82) is 0 Å². The molecular formula is C20H27N3O4S2. The molecule has 2 aliphatic rings. The van der Waals surface area contributed by atoms with Crippen LogP contribution in [-0.4, -0.2) is 42.3 Å². The van der Waals surface area contributed by atoms with Gasteiger partial charge in [0.05, 0.1) is 15.1 Å². The van der Waals surface area contributed by atoms with Crippen LogP contribution in [0.5, 0.6) is 0 Å². The largest absolute Gasteiger partial charge is 0.352 e. The molecule has 2 aromatic rings. The Kier molecular flexibility index (Phi) is 6.08. The molecule has 29 heavy (non-hydrogen) atoms. The van der Waals surface area contributed by atoms with Gasteiger partial charge < -0.3 is 5.32 Å². The van der Waals surface area contributed by atoms with E-state index < -0.39 is 10.0 Å². The molecule has 0 radical (unpaired) electrons. The van der Waals surface area contributed by atoms with Gasteiger partial charge in [-0.15, -0.1) is 0 Å². The summed E-state index contributed by atoms with van der Waals surface area (Å²) in [7, 11) is -3.53. The Morgan fingerprint density at radius 1 is 1.07 bits per heavy atom. The zero-order valence-corrected chi connectivity index (χ0v) is 18.1. The quantitative estimate of drug-likeness (QED) is 0.729. The molecule has 1 aliphatic carbocycles. The average Bonchev–Trinajstić information content (AvgIpc) is 3.25. The van der Waals surface area contributed by atoms with E-state index in [1.807, 2.05) is 0 Å². The van der Waals surface area contributed by atoms with Crippen molar-refractivity contribution in [2.75, 3.05) is 13.1 Å². The minimum atomic E-state index is -3.53. The lowest BCUT2D eigenvalue weighted by molar-refractivity contribution is -0.122. The first-order valence-corrected chi connectivity index (χ1v) is 12.6. The Balaban J connectivity index is 1.54. The topological polar surface area (TPSA) is 88.5 Å². The SMILES string of the molecule is O=C(Cn1c(=O)sc2cc(S(=O)(=O)N3CCCC3)ccc21)NC1CCCCCC1. The first-order valence-electron chi connectivity index (χ1n) is 10.4. The standard InChI is InChI=1S/C20H27N3O4S2/c24-19(21-15-7-3-1-2-4-8-15)14-23-17-10-9-16(13-18(17)28-20(23)25)29(26,27)22-11-5-6-12-22/h9-10,13,15H,1-8,11-12,14H2,(H,21,24). The molecule has 2 fully saturated rings. The summed E-state index contributed by atoms with van der Waals surface area (Å²) in [5, 5.41) is 3.07. The average molecular weight is 438 g/mol. The van der Waals surface area contributed by atoms with Gasteiger partial charge in [0.25, 0.3) is 0 Å². The van der Waals surface area contributed by atoms with Gasteiger partial charge in [0, 0.05) is 19.1 Å². The number of sulfonamides is 1. The zero-order valence-electron chi connectivity index (χ0n) is 16.4. The molecule has 0 unspecified atom stereocenters. The molecule has 1 N–H and O–H groups in total. The van der Waals surface area contributed by atoms with E-state index >= 15 is 0 Å². The summed E-state index contributed by atoms with van der Waals surface area (Å²) in [5.41, 5.74) is 0.608. The summed E-state index contributed by atoms with van der Waals surface area (Å²) in [6.07, 6.45) is 8.41. The fourth-order valence-electron chi connectivity index (χ4n) is 4.28. The van der Waals surface area contributed by atoms with Gasteiger partial charge in [-0.25, -0.2) is 8.42 Å². The fourth-order valence-corrected chi connectivity index (χ4v) is 6.82. The predicted octanol–water partition coefficient (Wildman–Crippen LogP) is 2.69. The van der Waals surface area contributed by atoms with Crippen LogP contribution in [0.2, 0.25) is 0 Å². The van der Waals surface area contributed by atoms with Crippen molar-refractivity contribution < 1.29 is 13.2 Å². The first kappa shape index (κ1) is 20.6. The van der Waals surface area contributed by atoms with E-state index in [2.05, 4.69) is 5.32 Å². The van der Waals surface area contributed by atoms with Crippen molar-refractivity contribution in [2.24, 2.45) is 0 Å². The fraction of sp³-hybridized carbons (Fsp3) is 0.600. The molecule has 2 heterocycles. The molecule has 1 aliphatic heterocycles. The summed E-state index contributed by atoms with van der Waals surface area (Å²) < 4.78 is 29.1. The lowest BCUT2D eigenvalue weighted by atomic mass is 10.1. The maximum absolute atomic E-state index is 12.8. The van der Waals surface area contributed by atoms with Gasteiger partial charge in [0.15, 0.2) is 0 Å². The summed E-state index contributed by atoms with van der Waals surface area (Å²) in [4.78, 5) is 25.0. The van der Waals surface area contributed by atoms with Gasteiger partial charge in [-0.1, -0.05) is 37.0 Å². The molecule has 158 valence electrons. The Bertz CT molecular complexity index is 1040. The second-order valence-electron chi connectivity index (χ2n) is 7.95. The van der Waals surface area contributed by atoms with Crippen LogP contribution < -0.4 is 10.2 Å². The van der Waals surface area contributed by atoms with E-state index in [1.165, 1.54) is 21.7 Å². The van der Waals surface area contributed by atoms with Crippen LogP contribution in [0, 0.1) is 0 Å². The summed E-state index contributed by atoms with van der Waals surface area (Å²) in [5.74, 6) is -0.160. The monoisotopic (exact) mass is 437 g/mol. The highest BCUT2D eigenvalue weighted by Crippen LogP contribution is 2.26. The number of carbonyl (C=O) groups is 1. The van der Waals surface area contributed by atoms with Gasteiger partial charge in [-0.05, 0) is 43.9 Å². The Labute approximate surface area is 174 Å². The van der Waals surface area contributed by atoms with Crippen LogP contribution in [0.3, 0.4) is 0 Å². The molecule has 9 heteroatoms. The van der Waals surface area contributed by atoms with Crippen LogP contribution in [-0.2, 0) is 21.4 Å². The number of rotatable bonds is 5. The molecule has 1 saturated heterocycles. The summed E-state index contributed by atoms with van der Waals surface area (Å²) in [6.45, 7) is 1.05. The van der Waals surface area contributed by atoms with Crippen LogP contribution >= 0.6 is 11.3 Å². The Morgan fingerprint density at radius 2 is 1.76 bits per heavy atom. The van der Waals surface area contributed by atoms with Gasteiger partial charge in [-0.2, -0.15) is 4.31 Å². The van der Waals surface area contributed by atoms with Crippen LogP contribution in [0.4, 0.5) is 0 Å². The summed E-state index contributed by atoms with van der Waals surface area (Å²) in [6, 6.07) is 4.94. The van der Waals surface area contributed by atoms with Crippen molar-refractivity contribution in [3.8, 4) is 0 Å². The summed E-state index contributed by atoms with van der Waals surface area (Å²) >= 11 is 0.987. The van der Waals surface area contributed by atoms with Gasteiger partial charge in [0.1, 0.15) is 6.54 Å². The number of hydrogen-bond acceptors (Lipinski definition) is 5. The number of amides is 1. The number of hydrogen-bond donors (Lipinski definition) is 1. The van der Waals surface area contributed by atoms with E-state index in [1.54, 1.807) is 18.2 Å². The van der Waals surface area contributed by atoms with E-state index in [0.29, 0.717) is 23.3 Å². The van der Waals surface area contributed by atoms with Crippen LogP contribution in [0.1, 0.15) is 51.4 Å². The lowest BCUT2D eigenvalue weighted by Gasteiger charge is -2.16. The van der Waals surface area contributed by atoms with Crippen molar-refractivity contribution in [1.82, 2.24) is 14.2 Å². The van der Waals surface area contributed by atoms with Gasteiger partial charge >= 0.3 is 4.87 Å². The normalized spacial score (nSPS) is 19.4. The van der Waals surface area contributed by atoms with E-state index in [0.717, 1.165) is 49.9 Å². The second-order valence-corrected chi connectivity index (χ2v) is 10.9. The number of nitrogens with zero attached hydrogens (tertiary/aromatic N) is 2. The number of carbonyl (C=O) groups excluding carboxylic acids is 1. The van der Waals surface area contributed by atoms with E-state index in [-0.39, 0.29) is 28.3 Å². The van der Waals surface area contributed by atoms with Crippen LogP contribution in [0.15, 0.2) is 27.9 Å². The molecular weight excluding hydrogens is 410 g/mol. The maximum Gasteiger partial charge on any atom is 0.308 e. The maximum atomic E-state index is 12.8. The highest BCUT2D eigenvalue weighted by atomic mass is 32.2. The molecule has 7 nitrogen and oxygen atoms in total. The number of fused-ring (bicyclic) bond motifs is 1. The third kappa shape index (κ3) is 4.41. The highest BCUT2D eigenvalue weighted by Gasteiger charge is 2.28. The molecule has 1 saturated carbocycles. The smallest absolute Gasteiger partial charge is 0.308 e. The van der Waals surface area contributed by atoms with Crippen molar-refractivity contribution in [3.63, 3.8) is 0 Å². The molecule has 1 amide bonds. The van der Waals surface area contributed by atoms with Crippen LogP contribution in [0.25, 0.3) is 10.2 Å². The van der Waals surface area contributed by atoms with E-state index in [9.17, 15) is 18.0 Å². The lowest BCUT2D eigenvalue weighted by Crippen LogP contribution is -2.37. The van der Waals surface area contributed by atoms with E-state index in [4.69, 9.17) is 0 Å². The molecule has 0 bridgehead atoms. The van der Waals surface area contributed by atoms with Gasteiger partial charge in [-0.3, -0.25) is 14.2 Å². The molecule has 1 aromatic carbocycles. The molecule has 0 atom stereocenters. The van der Waals surface area contributed by atoms with Crippen molar-refractivity contribution in [2.45, 2.75) is 68.8 Å².